The third-order valence-electron chi connectivity index (χ3n) is 3.30. The number of amides is 1. The van der Waals surface area contributed by atoms with Crippen molar-refractivity contribution in [3.63, 3.8) is 0 Å². The second-order valence-electron chi connectivity index (χ2n) is 5.27. The number of aliphatic carboxylic acids is 1. The molecule has 0 radical (unpaired) electrons. The molecule has 5 nitrogen and oxygen atoms in total. The fraction of sp³-hybridized carbons (Fsp3) is 0.467. The van der Waals surface area contributed by atoms with Crippen LogP contribution in [0.4, 0.5) is 0 Å². The quantitative estimate of drug-likeness (QED) is 0.914. The molecule has 0 spiro atoms. The number of rotatable bonds is 4. The van der Waals surface area contributed by atoms with Gasteiger partial charge in [0.05, 0.1) is 12.0 Å². The van der Waals surface area contributed by atoms with E-state index in [1.165, 1.54) is 0 Å². The van der Waals surface area contributed by atoms with Gasteiger partial charge in [0, 0.05) is 18.7 Å². The van der Waals surface area contributed by atoms with Crippen molar-refractivity contribution in [2.24, 2.45) is 5.92 Å². The Bertz CT molecular complexity index is 495. The van der Waals surface area contributed by atoms with Gasteiger partial charge in [-0.1, -0.05) is 0 Å². The molecule has 108 valence electrons. The molecular weight excluding hydrogens is 258 g/mol. The van der Waals surface area contributed by atoms with Crippen LogP contribution in [0.2, 0.25) is 0 Å². The smallest absolute Gasteiger partial charge is 0.308 e. The van der Waals surface area contributed by atoms with Gasteiger partial charge >= 0.3 is 5.97 Å². The summed E-state index contributed by atoms with van der Waals surface area (Å²) in [5, 5.41) is 8.95. The van der Waals surface area contributed by atoms with Crippen LogP contribution in [-0.4, -0.2) is 41.1 Å². The van der Waals surface area contributed by atoms with Crippen molar-refractivity contribution >= 4 is 11.9 Å². The van der Waals surface area contributed by atoms with Crippen molar-refractivity contribution in [1.82, 2.24) is 4.90 Å². The number of carboxylic acid groups (broad SMARTS) is 1. The summed E-state index contributed by atoms with van der Waals surface area (Å²) in [6.45, 7) is 4.67. The molecule has 1 aliphatic rings. The zero-order valence-corrected chi connectivity index (χ0v) is 11.7. The van der Waals surface area contributed by atoms with Crippen molar-refractivity contribution in [1.29, 1.82) is 0 Å². The van der Waals surface area contributed by atoms with Crippen LogP contribution >= 0.6 is 0 Å². The summed E-state index contributed by atoms with van der Waals surface area (Å²) >= 11 is 0. The molecule has 0 aliphatic carbocycles. The van der Waals surface area contributed by atoms with E-state index in [2.05, 4.69) is 0 Å². The lowest BCUT2D eigenvalue weighted by Gasteiger charge is -2.16. The number of hydrogen-bond acceptors (Lipinski definition) is 3. The van der Waals surface area contributed by atoms with Gasteiger partial charge in [-0.15, -0.1) is 0 Å². The number of benzene rings is 1. The van der Waals surface area contributed by atoms with E-state index in [9.17, 15) is 9.59 Å². The molecule has 1 saturated heterocycles. The monoisotopic (exact) mass is 277 g/mol. The van der Waals surface area contributed by atoms with Crippen molar-refractivity contribution in [3.8, 4) is 5.75 Å². The predicted molar refractivity (Wildman–Crippen MR) is 73.9 cm³/mol. The molecule has 5 heteroatoms. The first-order chi connectivity index (χ1) is 9.47. The summed E-state index contributed by atoms with van der Waals surface area (Å²) in [6, 6.07) is 6.96. The minimum Gasteiger partial charge on any atom is -0.491 e. The second kappa shape index (κ2) is 5.94. The van der Waals surface area contributed by atoms with Crippen molar-refractivity contribution < 1.29 is 19.4 Å². The van der Waals surface area contributed by atoms with Crippen LogP contribution in [0.5, 0.6) is 5.75 Å². The number of carbonyl (C=O) groups is 2. The van der Waals surface area contributed by atoms with Gasteiger partial charge in [-0.25, -0.2) is 0 Å². The highest BCUT2D eigenvalue weighted by Crippen LogP contribution is 2.20. The Kier molecular flexibility index (Phi) is 4.27. The standard InChI is InChI=1S/C15H19NO4/c1-10(2)20-13-5-3-11(4-6-13)14(17)16-8-7-12(9-16)15(18)19/h3-6,10,12H,7-9H2,1-2H3,(H,18,19). The maximum Gasteiger partial charge on any atom is 0.308 e. The van der Waals surface area contributed by atoms with Gasteiger partial charge in [-0.2, -0.15) is 0 Å². The van der Waals surface area contributed by atoms with Crippen LogP contribution in [0.15, 0.2) is 24.3 Å². The van der Waals surface area contributed by atoms with Crippen molar-refractivity contribution in [2.45, 2.75) is 26.4 Å². The predicted octanol–water partition coefficient (Wildman–Crippen LogP) is 2.02. The molecule has 1 N–H and O–H groups in total. The Morgan fingerprint density at radius 3 is 2.45 bits per heavy atom. The summed E-state index contributed by atoms with van der Waals surface area (Å²) in [5.41, 5.74) is 0.562. The molecule has 0 saturated carbocycles. The summed E-state index contributed by atoms with van der Waals surface area (Å²) < 4.78 is 5.52. The van der Waals surface area contributed by atoms with Gasteiger partial charge in [-0.05, 0) is 44.5 Å². The molecule has 1 fully saturated rings. The van der Waals surface area contributed by atoms with Crippen LogP contribution in [-0.2, 0) is 4.79 Å². The lowest BCUT2D eigenvalue weighted by atomic mass is 10.1. The number of ether oxygens (including phenoxy) is 1. The molecule has 0 bridgehead atoms. The molecule has 1 aliphatic heterocycles. The molecule has 1 unspecified atom stereocenters. The fourth-order valence-electron chi connectivity index (χ4n) is 2.28. The Balaban J connectivity index is 2.01. The number of carbonyl (C=O) groups excluding carboxylic acids is 1. The van der Waals surface area contributed by atoms with E-state index in [-0.39, 0.29) is 12.0 Å². The highest BCUT2D eigenvalue weighted by molar-refractivity contribution is 5.94. The first-order valence-corrected chi connectivity index (χ1v) is 6.76. The molecule has 2 rings (SSSR count). The number of carboxylic acids is 1. The second-order valence-corrected chi connectivity index (χ2v) is 5.27. The Morgan fingerprint density at radius 2 is 1.95 bits per heavy atom. The van der Waals surface area contributed by atoms with E-state index in [0.29, 0.717) is 25.1 Å². The van der Waals surface area contributed by atoms with Crippen LogP contribution in [0, 0.1) is 5.92 Å². The van der Waals surface area contributed by atoms with E-state index in [1.54, 1.807) is 29.2 Å². The minimum absolute atomic E-state index is 0.0893. The van der Waals surface area contributed by atoms with Gasteiger partial charge in [0.15, 0.2) is 0 Å². The summed E-state index contributed by atoms with van der Waals surface area (Å²) in [5.74, 6) is -0.672. The Labute approximate surface area is 118 Å². The lowest BCUT2D eigenvalue weighted by molar-refractivity contribution is -0.141. The third kappa shape index (κ3) is 3.29. The topological polar surface area (TPSA) is 66.8 Å². The highest BCUT2D eigenvalue weighted by atomic mass is 16.5. The summed E-state index contributed by atoms with van der Waals surface area (Å²) in [4.78, 5) is 24.7. The van der Waals surface area contributed by atoms with Crippen LogP contribution in [0.25, 0.3) is 0 Å². The summed E-state index contributed by atoms with van der Waals surface area (Å²) in [6.07, 6.45) is 0.613. The maximum absolute atomic E-state index is 12.2. The van der Waals surface area contributed by atoms with Gasteiger partial charge < -0.3 is 14.7 Å². The molecule has 1 aromatic carbocycles. The first kappa shape index (κ1) is 14.4. The van der Waals surface area contributed by atoms with E-state index >= 15 is 0 Å². The van der Waals surface area contributed by atoms with Crippen molar-refractivity contribution in [2.75, 3.05) is 13.1 Å². The van der Waals surface area contributed by atoms with Gasteiger partial charge in [0.25, 0.3) is 5.91 Å². The molecule has 1 amide bonds. The van der Waals surface area contributed by atoms with E-state index in [0.717, 1.165) is 5.75 Å². The first-order valence-electron chi connectivity index (χ1n) is 6.76. The normalized spacial score (nSPS) is 18.4. The molecule has 1 atom stereocenters. The number of likely N-dealkylation sites (tertiary alicyclic amines) is 1. The zero-order valence-electron chi connectivity index (χ0n) is 11.7. The molecule has 0 aromatic heterocycles. The SMILES string of the molecule is CC(C)Oc1ccc(C(=O)N2CCC(C(=O)O)C2)cc1. The summed E-state index contributed by atoms with van der Waals surface area (Å²) in [7, 11) is 0. The highest BCUT2D eigenvalue weighted by Gasteiger charge is 2.31. The van der Waals surface area contributed by atoms with Crippen LogP contribution in [0.3, 0.4) is 0 Å². The largest absolute Gasteiger partial charge is 0.491 e. The average Bonchev–Trinajstić information content (AvgIpc) is 2.88. The third-order valence-corrected chi connectivity index (χ3v) is 3.30. The van der Waals surface area contributed by atoms with E-state index in [1.807, 2.05) is 13.8 Å². The average molecular weight is 277 g/mol. The maximum atomic E-state index is 12.2. The Hall–Kier alpha value is -2.04. The molecule has 1 aromatic rings. The van der Waals surface area contributed by atoms with Crippen LogP contribution in [0.1, 0.15) is 30.6 Å². The number of hydrogen-bond donors (Lipinski definition) is 1. The molecular formula is C15H19NO4. The van der Waals surface area contributed by atoms with Crippen molar-refractivity contribution in [3.05, 3.63) is 29.8 Å². The van der Waals surface area contributed by atoms with Gasteiger partial charge in [0.2, 0.25) is 0 Å². The fourth-order valence-corrected chi connectivity index (χ4v) is 2.28. The Morgan fingerprint density at radius 1 is 1.30 bits per heavy atom. The van der Waals surface area contributed by atoms with E-state index in [4.69, 9.17) is 9.84 Å². The van der Waals surface area contributed by atoms with Crippen LogP contribution < -0.4 is 4.74 Å². The van der Waals surface area contributed by atoms with E-state index < -0.39 is 11.9 Å². The lowest BCUT2D eigenvalue weighted by Crippen LogP contribution is -2.29. The molecule has 20 heavy (non-hydrogen) atoms. The van der Waals surface area contributed by atoms with Gasteiger partial charge in [0.1, 0.15) is 5.75 Å². The number of nitrogens with zero attached hydrogens (tertiary/aromatic N) is 1. The van der Waals surface area contributed by atoms with Gasteiger partial charge in [-0.3, -0.25) is 9.59 Å². The molecule has 1 heterocycles. The minimum atomic E-state index is -0.832. The zero-order chi connectivity index (χ0) is 14.7.